The summed E-state index contributed by atoms with van der Waals surface area (Å²) in [5, 5.41) is 10.0. The van der Waals surface area contributed by atoms with Crippen molar-refractivity contribution in [2.75, 3.05) is 0 Å². The van der Waals surface area contributed by atoms with Crippen molar-refractivity contribution in [1.29, 1.82) is 0 Å². The molecule has 0 spiro atoms. The van der Waals surface area contributed by atoms with Gasteiger partial charge in [-0.25, -0.2) is 0 Å². The first-order valence-electron chi connectivity index (χ1n) is 12.0. The molecule has 0 heterocycles. The number of hydrogen-bond donors (Lipinski definition) is 2. The quantitative estimate of drug-likeness (QED) is 0.197. The Bertz CT molecular complexity index is 894. The van der Waals surface area contributed by atoms with E-state index in [1.165, 1.54) is 63.9 Å². The summed E-state index contributed by atoms with van der Waals surface area (Å²) in [5.41, 5.74) is 0.577. The summed E-state index contributed by atoms with van der Waals surface area (Å²) in [6.07, 6.45) is 15.4. The molecule has 0 amide bonds. The average molecular weight is 463 g/mol. The molecule has 0 fully saturated rings. The molecule has 0 aliphatic heterocycles. The van der Waals surface area contributed by atoms with Crippen molar-refractivity contribution in [2.45, 2.75) is 95.3 Å². The van der Waals surface area contributed by atoms with E-state index >= 15 is 0 Å². The normalized spacial score (nSPS) is 11.6. The second kappa shape index (κ2) is 14.2. The molecule has 178 valence electrons. The summed E-state index contributed by atoms with van der Waals surface area (Å²) in [4.78, 5) is -0.407. The van der Waals surface area contributed by atoms with Crippen molar-refractivity contribution in [3.8, 4) is 17.2 Å². The Morgan fingerprint density at radius 2 is 1.31 bits per heavy atom. The Hall–Kier alpha value is -2.05. The van der Waals surface area contributed by atoms with Crippen LogP contribution in [0.3, 0.4) is 0 Å². The summed E-state index contributed by atoms with van der Waals surface area (Å²) >= 11 is 0. The third kappa shape index (κ3) is 9.61. The molecular formula is C26H38O5S. The van der Waals surface area contributed by atoms with Crippen molar-refractivity contribution >= 4 is 10.1 Å². The van der Waals surface area contributed by atoms with Gasteiger partial charge in [-0.3, -0.25) is 4.55 Å². The SMILES string of the molecule is CCCCCCCCCCCCCCc1cc(O)cc(S(=O)(=O)O)c1Oc1ccccc1. The van der Waals surface area contributed by atoms with Crippen molar-refractivity contribution in [1.82, 2.24) is 0 Å². The highest BCUT2D eigenvalue weighted by Gasteiger charge is 2.22. The second-order valence-electron chi connectivity index (χ2n) is 8.46. The third-order valence-corrected chi connectivity index (χ3v) is 6.52. The first kappa shape index (κ1) is 26.2. The molecule has 2 aromatic carbocycles. The van der Waals surface area contributed by atoms with E-state index in [-0.39, 0.29) is 11.5 Å². The molecule has 0 bridgehead atoms. The lowest BCUT2D eigenvalue weighted by Crippen LogP contribution is -2.04. The van der Waals surface area contributed by atoms with E-state index < -0.39 is 15.0 Å². The standard InChI is InChI=1S/C26H38O5S/c1-2-3-4-5-6-7-8-9-10-11-12-14-17-22-20-23(27)21-25(32(28,29)30)26(22)31-24-18-15-13-16-19-24/h13,15-16,18-21,27H,2-12,14,17H2,1H3,(H,28,29,30). The second-order valence-corrected chi connectivity index (χ2v) is 9.85. The predicted molar refractivity (Wildman–Crippen MR) is 129 cm³/mol. The third-order valence-electron chi connectivity index (χ3n) is 5.66. The van der Waals surface area contributed by atoms with Crippen LogP contribution in [-0.2, 0) is 16.5 Å². The number of hydrogen-bond acceptors (Lipinski definition) is 4. The van der Waals surface area contributed by atoms with E-state index in [0.29, 0.717) is 17.7 Å². The van der Waals surface area contributed by atoms with E-state index in [0.717, 1.165) is 25.3 Å². The van der Waals surface area contributed by atoms with Crippen molar-refractivity contribution in [3.63, 3.8) is 0 Å². The molecular weight excluding hydrogens is 424 g/mol. The Morgan fingerprint density at radius 1 is 0.781 bits per heavy atom. The maximum Gasteiger partial charge on any atom is 0.298 e. The number of ether oxygens (including phenoxy) is 1. The summed E-state index contributed by atoms with van der Waals surface area (Å²) in [5.74, 6) is 0.352. The summed E-state index contributed by atoms with van der Waals surface area (Å²) in [7, 11) is -4.54. The Labute approximate surface area is 193 Å². The van der Waals surface area contributed by atoms with Crippen LogP contribution in [0.25, 0.3) is 0 Å². The number of unbranched alkanes of at least 4 members (excludes halogenated alkanes) is 11. The van der Waals surface area contributed by atoms with Crippen LogP contribution in [-0.4, -0.2) is 18.1 Å². The predicted octanol–water partition coefficient (Wildman–Crippen LogP) is 7.67. The van der Waals surface area contributed by atoms with Gasteiger partial charge in [-0.1, -0.05) is 95.8 Å². The number of para-hydroxylation sites is 1. The highest BCUT2D eigenvalue weighted by Crippen LogP contribution is 2.36. The summed E-state index contributed by atoms with van der Waals surface area (Å²) in [6, 6.07) is 11.4. The van der Waals surface area contributed by atoms with E-state index in [9.17, 15) is 18.1 Å². The fourth-order valence-corrected chi connectivity index (χ4v) is 4.58. The van der Waals surface area contributed by atoms with Gasteiger partial charge >= 0.3 is 0 Å². The Morgan fingerprint density at radius 3 is 1.84 bits per heavy atom. The van der Waals surface area contributed by atoms with Gasteiger partial charge in [0.25, 0.3) is 10.1 Å². The van der Waals surface area contributed by atoms with Gasteiger partial charge in [0.05, 0.1) is 0 Å². The van der Waals surface area contributed by atoms with Crippen molar-refractivity contribution in [3.05, 3.63) is 48.0 Å². The average Bonchev–Trinajstić information content (AvgIpc) is 2.76. The van der Waals surface area contributed by atoms with Crippen LogP contribution in [0, 0.1) is 0 Å². The zero-order chi connectivity index (χ0) is 23.2. The van der Waals surface area contributed by atoms with Crippen molar-refractivity contribution in [2.24, 2.45) is 0 Å². The lowest BCUT2D eigenvalue weighted by Gasteiger charge is -2.15. The minimum atomic E-state index is -4.54. The molecule has 0 aromatic heterocycles. The van der Waals surface area contributed by atoms with Gasteiger partial charge < -0.3 is 9.84 Å². The number of phenols is 1. The topological polar surface area (TPSA) is 83.8 Å². The van der Waals surface area contributed by atoms with Crippen LogP contribution in [0.5, 0.6) is 17.2 Å². The van der Waals surface area contributed by atoms with Crippen molar-refractivity contribution < 1.29 is 22.8 Å². The van der Waals surface area contributed by atoms with Crippen LogP contribution in [0.4, 0.5) is 0 Å². The maximum atomic E-state index is 11.9. The van der Waals surface area contributed by atoms with E-state index in [4.69, 9.17) is 4.74 Å². The minimum absolute atomic E-state index is 0.0829. The largest absolute Gasteiger partial charge is 0.508 e. The van der Waals surface area contributed by atoms with Gasteiger partial charge in [0.15, 0.2) is 5.75 Å². The molecule has 0 saturated carbocycles. The van der Waals surface area contributed by atoms with E-state index in [2.05, 4.69) is 6.92 Å². The maximum absolute atomic E-state index is 11.9. The Balaban J connectivity index is 1.85. The fourth-order valence-electron chi connectivity index (χ4n) is 3.90. The van der Waals surface area contributed by atoms with E-state index in [1.807, 2.05) is 6.07 Å². The molecule has 5 nitrogen and oxygen atoms in total. The molecule has 0 unspecified atom stereocenters. The molecule has 0 aliphatic carbocycles. The number of aromatic hydroxyl groups is 1. The molecule has 2 N–H and O–H groups in total. The van der Waals surface area contributed by atoms with Crippen LogP contribution in [0.2, 0.25) is 0 Å². The van der Waals surface area contributed by atoms with E-state index in [1.54, 1.807) is 24.3 Å². The van der Waals surface area contributed by atoms with Gasteiger partial charge in [-0.2, -0.15) is 8.42 Å². The van der Waals surface area contributed by atoms with Crippen LogP contribution >= 0.6 is 0 Å². The molecule has 6 heteroatoms. The molecule has 0 aliphatic rings. The van der Waals surface area contributed by atoms with Gasteiger partial charge in [-0.15, -0.1) is 0 Å². The van der Waals surface area contributed by atoms with Gasteiger partial charge in [0, 0.05) is 6.07 Å². The molecule has 0 radical (unpaired) electrons. The monoisotopic (exact) mass is 462 g/mol. The number of benzene rings is 2. The zero-order valence-corrected chi connectivity index (χ0v) is 20.1. The summed E-state index contributed by atoms with van der Waals surface area (Å²) in [6.45, 7) is 2.24. The van der Waals surface area contributed by atoms with Crippen LogP contribution < -0.4 is 4.74 Å². The smallest absolute Gasteiger partial charge is 0.298 e. The number of phenolic OH excluding ortho intramolecular Hbond substituents is 1. The first-order chi connectivity index (χ1) is 15.4. The lowest BCUT2D eigenvalue weighted by atomic mass is 10.0. The number of aryl methyl sites for hydroxylation is 1. The molecule has 2 rings (SSSR count). The molecule has 0 atom stereocenters. The minimum Gasteiger partial charge on any atom is -0.508 e. The van der Waals surface area contributed by atoms with Gasteiger partial charge in [0.2, 0.25) is 0 Å². The number of rotatable bonds is 16. The Kier molecular flexibility index (Phi) is 11.6. The van der Waals surface area contributed by atoms with Crippen LogP contribution in [0.1, 0.15) is 89.5 Å². The van der Waals surface area contributed by atoms with Gasteiger partial charge in [-0.05, 0) is 36.6 Å². The zero-order valence-electron chi connectivity index (χ0n) is 19.3. The summed E-state index contributed by atoms with van der Waals surface area (Å²) < 4.78 is 39.3. The molecule has 32 heavy (non-hydrogen) atoms. The lowest BCUT2D eigenvalue weighted by molar-refractivity contribution is 0.433. The molecule has 0 saturated heterocycles. The first-order valence-corrected chi connectivity index (χ1v) is 13.4. The molecule has 2 aromatic rings. The highest BCUT2D eigenvalue weighted by molar-refractivity contribution is 7.86. The fraction of sp³-hybridized carbons (Fsp3) is 0.538. The van der Waals surface area contributed by atoms with Gasteiger partial charge in [0.1, 0.15) is 16.4 Å². The van der Waals surface area contributed by atoms with Crippen LogP contribution in [0.15, 0.2) is 47.4 Å². The highest BCUT2D eigenvalue weighted by atomic mass is 32.2.